The van der Waals surface area contributed by atoms with E-state index in [1.807, 2.05) is 62.4 Å². The van der Waals surface area contributed by atoms with Crippen molar-refractivity contribution in [3.8, 4) is 12.1 Å². The van der Waals surface area contributed by atoms with E-state index in [1.165, 1.54) is 0 Å². The van der Waals surface area contributed by atoms with E-state index in [-0.39, 0.29) is 12.2 Å². The molecule has 1 fully saturated rings. The third-order valence-electron chi connectivity index (χ3n) is 8.44. The van der Waals surface area contributed by atoms with Gasteiger partial charge in [0.1, 0.15) is 5.60 Å². The predicted octanol–water partition coefficient (Wildman–Crippen LogP) is 8.30. The van der Waals surface area contributed by atoms with Crippen molar-refractivity contribution in [2.24, 2.45) is 11.3 Å². The summed E-state index contributed by atoms with van der Waals surface area (Å²) >= 11 is 12.4. The van der Waals surface area contributed by atoms with Crippen molar-refractivity contribution < 1.29 is 9.90 Å². The topological polar surface area (TPSA) is 84.9 Å². The molecule has 0 radical (unpaired) electrons. The Morgan fingerprint density at radius 3 is 1.71 bits per heavy atom. The van der Waals surface area contributed by atoms with Gasteiger partial charge in [0.2, 0.25) is 0 Å². The Hall–Kier alpha value is -3.93. The van der Waals surface area contributed by atoms with Crippen molar-refractivity contribution in [2.45, 2.75) is 37.7 Å². The SMILES string of the molecule is Cc1ccc(C2CC(O)(c3ccc(Cl)cc3)C(C(=O)c3ccc(Cl)cc3)C(c3ccc(C)cc3)C2(C#N)C#N)cc1. The molecule has 0 saturated heterocycles. The first-order valence-corrected chi connectivity index (χ1v) is 14.1. The number of aryl methyl sites for hydroxylation is 2. The van der Waals surface area contributed by atoms with Crippen LogP contribution in [0.3, 0.4) is 0 Å². The van der Waals surface area contributed by atoms with Crippen LogP contribution in [-0.2, 0) is 5.60 Å². The van der Waals surface area contributed by atoms with Gasteiger partial charge in [-0.25, -0.2) is 0 Å². The maximum atomic E-state index is 14.6. The fourth-order valence-corrected chi connectivity index (χ4v) is 6.53. The average molecular weight is 580 g/mol. The van der Waals surface area contributed by atoms with Crippen LogP contribution < -0.4 is 0 Å². The quantitative estimate of drug-likeness (QED) is 0.241. The van der Waals surface area contributed by atoms with Crippen molar-refractivity contribution in [3.05, 3.63) is 140 Å². The Bertz CT molecular complexity index is 1640. The van der Waals surface area contributed by atoms with Gasteiger partial charge in [-0.15, -0.1) is 0 Å². The van der Waals surface area contributed by atoms with E-state index < -0.39 is 28.8 Å². The largest absolute Gasteiger partial charge is 0.384 e. The molecule has 41 heavy (non-hydrogen) atoms. The van der Waals surface area contributed by atoms with Gasteiger partial charge in [0.25, 0.3) is 0 Å². The van der Waals surface area contributed by atoms with Crippen LogP contribution in [0.4, 0.5) is 0 Å². The van der Waals surface area contributed by atoms with E-state index in [0.717, 1.165) is 16.7 Å². The number of halogens is 2. The van der Waals surface area contributed by atoms with Crippen LogP contribution in [0.1, 0.15) is 56.4 Å². The van der Waals surface area contributed by atoms with E-state index in [4.69, 9.17) is 23.2 Å². The zero-order chi connectivity index (χ0) is 29.4. The standard InChI is InChI=1S/C35H28Cl2N2O2/c1-22-3-7-24(8-4-22)30-19-35(41,27-13-17-29(37)18-14-27)32(33(40)26-11-15-28(36)16-12-26)31(34(30,20-38)21-39)25-9-5-23(2)6-10-25/h3-18,30-32,41H,19H2,1-2H3. The minimum absolute atomic E-state index is 0.0226. The lowest BCUT2D eigenvalue weighted by Crippen LogP contribution is -2.55. The summed E-state index contributed by atoms with van der Waals surface area (Å²) in [7, 11) is 0. The molecule has 0 aliphatic heterocycles. The minimum atomic E-state index is -1.75. The molecule has 0 amide bonds. The molecule has 4 nitrogen and oxygen atoms in total. The van der Waals surface area contributed by atoms with Gasteiger partial charge in [-0.1, -0.05) is 95.0 Å². The van der Waals surface area contributed by atoms with Crippen molar-refractivity contribution in [3.63, 3.8) is 0 Å². The Labute approximate surface area is 250 Å². The smallest absolute Gasteiger partial charge is 0.169 e. The molecule has 4 aromatic rings. The summed E-state index contributed by atoms with van der Waals surface area (Å²) in [4.78, 5) is 14.6. The number of carbonyl (C=O) groups excluding carboxylic acids is 1. The summed E-state index contributed by atoms with van der Waals surface area (Å²) in [5.74, 6) is -3.23. The van der Waals surface area contributed by atoms with E-state index >= 15 is 0 Å². The Balaban J connectivity index is 1.85. The van der Waals surface area contributed by atoms with Crippen LogP contribution in [0.25, 0.3) is 0 Å². The lowest BCUT2D eigenvalue weighted by atomic mass is 9.48. The number of ketones is 1. The van der Waals surface area contributed by atoms with E-state index in [0.29, 0.717) is 26.7 Å². The predicted molar refractivity (Wildman–Crippen MR) is 161 cm³/mol. The van der Waals surface area contributed by atoms with Crippen LogP contribution in [0, 0.1) is 47.8 Å². The molecule has 0 heterocycles. The average Bonchev–Trinajstić information content (AvgIpc) is 2.98. The summed E-state index contributed by atoms with van der Waals surface area (Å²) < 4.78 is 0. The molecule has 1 aliphatic rings. The van der Waals surface area contributed by atoms with Crippen molar-refractivity contribution in [2.75, 3.05) is 0 Å². The number of nitrogens with zero attached hydrogens (tertiary/aromatic N) is 2. The zero-order valence-electron chi connectivity index (χ0n) is 22.7. The highest BCUT2D eigenvalue weighted by Crippen LogP contribution is 2.63. The molecule has 0 bridgehead atoms. The van der Waals surface area contributed by atoms with Crippen LogP contribution in [0.15, 0.2) is 97.1 Å². The van der Waals surface area contributed by atoms with Crippen LogP contribution in [0.2, 0.25) is 10.0 Å². The first-order valence-electron chi connectivity index (χ1n) is 13.4. The molecular formula is C35H28Cl2N2O2. The summed E-state index contributed by atoms with van der Waals surface area (Å²) in [6.45, 7) is 3.91. The van der Waals surface area contributed by atoms with Crippen LogP contribution in [-0.4, -0.2) is 10.9 Å². The Kier molecular flexibility index (Phi) is 7.78. The number of Topliss-reactive ketones (excluding diaryl/α,β-unsaturated/α-hetero) is 1. The lowest BCUT2D eigenvalue weighted by Gasteiger charge is -2.53. The molecule has 4 aromatic carbocycles. The van der Waals surface area contributed by atoms with Gasteiger partial charge >= 0.3 is 0 Å². The molecule has 1 saturated carbocycles. The number of benzene rings is 4. The lowest BCUT2D eigenvalue weighted by molar-refractivity contribution is -0.0783. The number of carbonyl (C=O) groups is 1. The van der Waals surface area contributed by atoms with Gasteiger partial charge in [-0.05, 0) is 73.4 Å². The van der Waals surface area contributed by atoms with Crippen molar-refractivity contribution in [1.82, 2.24) is 0 Å². The highest BCUT2D eigenvalue weighted by atomic mass is 35.5. The summed E-state index contributed by atoms with van der Waals surface area (Å²) in [5, 5.41) is 35.6. The monoisotopic (exact) mass is 578 g/mol. The molecule has 6 heteroatoms. The number of hydrogen-bond acceptors (Lipinski definition) is 4. The van der Waals surface area contributed by atoms with Gasteiger partial charge in [-0.3, -0.25) is 4.79 Å². The minimum Gasteiger partial charge on any atom is -0.384 e. The van der Waals surface area contributed by atoms with Gasteiger partial charge < -0.3 is 5.11 Å². The number of rotatable bonds is 5. The van der Waals surface area contributed by atoms with Crippen LogP contribution in [0.5, 0.6) is 0 Å². The highest BCUT2D eigenvalue weighted by Gasteiger charge is 2.64. The number of aliphatic hydroxyl groups is 1. The maximum absolute atomic E-state index is 14.6. The normalized spacial score (nSPS) is 23.2. The second-order valence-corrected chi connectivity index (χ2v) is 11.8. The first-order chi connectivity index (χ1) is 19.6. The number of hydrogen-bond donors (Lipinski definition) is 1. The molecule has 4 unspecified atom stereocenters. The van der Waals surface area contributed by atoms with Crippen LogP contribution >= 0.6 is 23.2 Å². The highest BCUT2D eigenvalue weighted by molar-refractivity contribution is 6.31. The van der Waals surface area contributed by atoms with Crippen molar-refractivity contribution in [1.29, 1.82) is 10.5 Å². The zero-order valence-corrected chi connectivity index (χ0v) is 24.2. The molecule has 1 aliphatic carbocycles. The maximum Gasteiger partial charge on any atom is 0.169 e. The second kappa shape index (κ2) is 11.2. The molecular weight excluding hydrogens is 551 g/mol. The molecule has 204 valence electrons. The fraction of sp³-hybridized carbons (Fsp3) is 0.229. The molecule has 5 rings (SSSR count). The Morgan fingerprint density at radius 1 is 0.756 bits per heavy atom. The third kappa shape index (κ3) is 5.05. The van der Waals surface area contributed by atoms with Gasteiger partial charge in [0.05, 0.1) is 18.1 Å². The molecule has 4 atom stereocenters. The summed E-state index contributed by atoms with van der Waals surface area (Å²) in [5.41, 5.74) is 0.821. The first kappa shape index (κ1) is 28.6. The third-order valence-corrected chi connectivity index (χ3v) is 8.95. The molecule has 0 spiro atoms. The number of nitriles is 2. The van der Waals surface area contributed by atoms with E-state index in [2.05, 4.69) is 12.1 Å². The van der Waals surface area contributed by atoms with Gasteiger partial charge in [0, 0.05) is 27.4 Å². The molecule has 0 aromatic heterocycles. The summed E-state index contributed by atoms with van der Waals surface area (Å²) in [6.07, 6.45) is -0.0226. The summed E-state index contributed by atoms with van der Waals surface area (Å²) in [6, 6.07) is 33.2. The molecule has 1 N–H and O–H groups in total. The van der Waals surface area contributed by atoms with Gasteiger partial charge in [0.15, 0.2) is 11.2 Å². The second-order valence-electron chi connectivity index (χ2n) is 10.9. The van der Waals surface area contributed by atoms with Gasteiger partial charge in [-0.2, -0.15) is 10.5 Å². The van der Waals surface area contributed by atoms with E-state index in [9.17, 15) is 20.4 Å². The fourth-order valence-electron chi connectivity index (χ4n) is 6.28. The Morgan fingerprint density at radius 2 is 1.22 bits per heavy atom. The van der Waals surface area contributed by atoms with Crippen molar-refractivity contribution >= 4 is 29.0 Å². The van der Waals surface area contributed by atoms with E-state index in [1.54, 1.807) is 48.5 Å².